The fourth-order valence-corrected chi connectivity index (χ4v) is 4.14. The second kappa shape index (κ2) is 7.02. The molecular weight excluding hydrogens is 382 g/mol. The Morgan fingerprint density at radius 2 is 1.93 bits per heavy atom. The summed E-state index contributed by atoms with van der Waals surface area (Å²) >= 11 is 6.57. The second-order valence-electron chi connectivity index (χ2n) is 5.91. The van der Waals surface area contributed by atoms with Gasteiger partial charge in [-0.3, -0.25) is 9.69 Å². The molecule has 5 nitrogen and oxygen atoms in total. The second-order valence-corrected chi connectivity index (χ2v) is 7.59. The third-order valence-electron chi connectivity index (χ3n) is 4.14. The molecule has 2 aliphatic rings. The number of aromatic carboxylic acids is 1. The summed E-state index contributed by atoms with van der Waals surface area (Å²) in [7, 11) is 0. The van der Waals surface area contributed by atoms with E-state index in [1.54, 1.807) is 18.2 Å². The zero-order valence-electron chi connectivity index (χ0n) is 13.9. The van der Waals surface area contributed by atoms with Gasteiger partial charge in [-0.1, -0.05) is 42.2 Å². The third kappa shape index (κ3) is 3.39. The standard InChI is InChI=1S/C20H13NO4S2/c22-18-17(10-12-9-14-3-1-2-4-16(14)25-11-12)27-20(26)21(18)15-7-5-13(6-8-15)19(23)24/h1-10H,11H2,(H,23,24). The lowest BCUT2D eigenvalue weighted by molar-refractivity contribution is -0.113. The van der Waals surface area contributed by atoms with Gasteiger partial charge < -0.3 is 9.84 Å². The molecule has 0 bridgehead atoms. The van der Waals surface area contributed by atoms with Gasteiger partial charge >= 0.3 is 5.97 Å². The number of carboxylic acid groups (broad SMARTS) is 1. The van der Waals surface area contributed by atoms with Gasteiger partial charge in [0, 0.05) is 5.56 Å². The lowest BCUT2D eigenvalue weighted by atomic mass is 10.1. The molecule has 2 aliphatic heterocycles. The van der Waals surface area contributed by atoms with Crippen molar-refractivity contribution >= 4 is 51.9 Å². The Labute approximate surface area is 164 Å². The summed E-state index contributed by atoms with van der Waals surface area (Å²) in [5.41, 5.74) is 2.55. The fraction of sp³-hybridized carbons (Fsp3) is 0.0500. The summed E-state index contributed by atoms with van der Waals surface area (Å²) in [6.45, 7) is 0.383. The molecule has 1 N–H and O–H groups in total. The maximum atomic E-state index is 12.8. The van der Waals surface area contributed by atoms with Gasteiger partial charge in [0.1, 0.15) is 12.4 Å². The predicted octanol–water partition coefficient (Wildman–Crippen LogP) is 4.11. The summed E-state index contributed by atoms with van der Waals surface area (Å²) in [5, 5.41) is 9.00. The van der Waals surface area contributed by atoms with E-state index >= 15 is 0 Å². The third-order valence-corrected chi connectivity index (χ3v) is 5.44. The van der Waals surface area contributed by atoms with E-state index in [0.29, 0.717) is 21.5 Å². The highest BCUT2D eigenvalue weighted by Crippen LogP contribution is 2.36. The first-order chi connectivity index (χ1) is 13.0. The monoisotopic (exact) mass is 395 g/mol. The van der Waals surface area contributed by atoms with Crippen molar-refractivity contribution in [1.29, 1.82) is 0 Å². The van der Waals surface area contributed by atoms with Crippen molar-refractivity contribution in [3.05, 3.63) is 76.2 Å². The predicted molar refractivity (Wildman–Crippen MR) is 109 cm³/mol. The number of carboxylic acids is 1. The number of benzene rings is 2. The molecule has 7 heteroatoms. The van der Waals surface area contributed by atoms with Gasteiger partial charge in [-0.15, -0.1) is 0 Å². The van der Waals surface area contributed by atoms with E-state index in [-0.39, 0.29) is 11.5 Å². The van der Waals surface area contributed by atoms with E-state index in [9.17, 15) is 9.59 Å². The lowest BCUT2D eigenvalue weighted by Crippen LogP contribution is -2.27. The topological polar surface area (TPSA) is 66.8 Å². The minimum Gasteiger partial charge on any atom is -0.488 e. The average molecular weight is 395 g/mol. The molecule has 0 radical (unpaired) electrons. The van der Waals surface area contributed by atoms with E-state index in [0.717, 1.165) is 16.9 Å². The number of nitrogens with zero attached hydrogens (tertiary/aromatic N) is 1. The van der Waals surface area contributed by atoms with E-state index < -0.39 is 5.97 Å². The summed E-state index contributed by atoms with van der Waals surface area (Å²) in [6.07, 6.45) is 3.79. The van der Waals surface area contributed by atoms with Gasteiger partial charge in [-0.2, -0.15) is 0 Å². The van der Waals surface area contributed by atoms with Crippen LogP contribution in [0.3, 0.4) is 0 Å². The minimum absolute atomic E-state index is 0.155. The molecule has 0 saturated carbocycles. The number of thiocarbonyl (C=S) groups is 1. The number of carbonyl (C=O) groups is 2. The Balaban J connectivity index is 1.61. The van der Waals surface area contributed by atoms with Crippen LogP contribution in [0.1, 0.15) is 15.9 Å². The smallest absolute Gasteiger partial charge is 0.335 e. The van der Waals surface area contributed by atoms with Crippen LogP contribution in [0.2, 0.25) is 0 Å². The first-order valence-electron chi connectivity index (χ1n) is 8.06. The molecule has 1 fully saturated rings. The van der Waals surface area contributed by atoms with Crippen LogP contribution in [-0.2, 0) is 4.79 Å². The van der Waals surface area contributed by atoms with Gasteiger partial charge in [0.15, 0.2) is 4.32 Å². The van der Waals surface area contributed by atoms with E-state index in [4.69, 9.17) is 22.1 Å². The van der Waals surface area contributed by atoms with Crippen molar-refractivity contribution in [2.75, 3.05) is 11.5 Å². The van der Waals surface area contributed by atoms with Crippen molar-refractivity contribution in [2.24, 2.45) is 0 Å². The number of carbonyl (C=O) groups excluding carboxylic acids is 1. The summed E-state index contributed by atoms with van der Waals surface area (Å²) in [4.78, 5) is 25.7. The number of thioether (sulfide) groups is 1. The first kappa shape index (κ1) is 17.5. The fourth-order valence-electron chi connectivity index (χ4n) is 2.83. The Morgan fingerprint density at radius 3 is 2.67 bits per heavy atom. The number of anilines is 1. The molecule has 2 heterocycles. The molecule has 4 rings (SSSR count). The van der Waals surface area contributed by atoms with Gasteiger partial charge in [0.25, 0.3) is 5.91 Å². The zero-order valence-corrected chi connectivity index (χ0v) is 15.5. The Morgan fingerprint density at radius 1 is 1.19 bits per heavy atom. The molecule has 27 heavy (non-hydrogen) atoms. The van der Waals surface area contributed by atoms with E-state index in [1.807, 2.05) is 30.3 Å². The molecule has 0 aromatic heterocycles. The average Bonchev–Trinajstić information content (AvgIpc) is 2.95. The number of para-hydroxylation sites is 1. The van der Waals surface area contributed by atoms with Crippen LogP contribution in [-0.4, -0.2) is 27.9 Å². The molecular formula is C20H13NO4S2. The van der Waals surface area contributed by atoms with Crippen molar-refractivity contribution in [3.63, 3.8) is 0 Å². The first-order valence-corrected chi connectivity index (χ1v) is 9.29. The summed E-state index contributed by atoms with van der Waals surface area (Å²) in [5.74, 6) is -0.426. The minimum atomic E-state index is -1.02. The summed E-state index contributed by atoms with van der Waals surface area (Å²) in [6, 6.07) is 13.8. The van der Waals surface area contributed by atoms with Gasteiger partial charge in [0.2, 0.25) is 0 Å². The van der Waals surface area contributed by atoms with Crippen LogP contribution in [0, 0.1) is 0 Å². The van der Waals surface area contributed by atoms with Crippen LogP contribution >= 0.6 is 24.0 Å². The molecule has 134 valence electrons. The molecule has 2 aromatic carbocycles. The van der Waals surface area contributed by atoms with Gasteiger partial charge in [0.05, 0.1) is 16.2 Å². The van der Waals surface area contributed by atoms with Gasteiger partial charge in [-0.25, -0.2) is 4.79 Å². The van der Waals surface area contributed by atoms with Crippen LogP contribution in [0.5, 0.6) is 5.75 Å². The van der Waals surface area contributed by atoms with Crippen molar-refractivity contribution in [1.82, 2.24) is 0 Å². The molecule has 0 aliphatic carbocycles. The number of hydrogen-bond acceptors (Lipinski definition) is 5. The van der Waals surface area contributed by atoms with Gasteiger partial charge in [-0.05, 0) is 48.1 Å². The summed E-state index contributed by atoms with van der Waals surface area (Å²) < 4.78 is 6.13. The molecule has 0 unspecified atom stereocenters. The van der Waals surface area contributed by atoms with E-state index in [1.165, 1.54) is 28.8 Å². The molecule has 2 aromatic rings. The molecule has 1 saturated heterocycles. The number of amides is 1. The highest BCUT2D eigenvalue weighted by Gasteiger charge is 2.33. The van der Waals surface area contributed by atoms with Crippen LogP contribution < -0.4 is 9.64 Å². The van der Waals surface area contributed by atoms with Crippen LogP contribution in [0.4, 0.5) is 5.69 Å². The Kier molecular flexibility index (Phi) is 4.55. The molecule has 1 amide bonds. The normalized spacial score (nSPS) is 17.6. The quantitative estimate of drug-likeness (QED) is 0.623. The zero-order chi connectivity index (χ0) is 19.0. The largest absolute Gasteiger partial charge is 0.488 e. The maximum Gasteiger partial charge on any atom is 0.335 e. The van der Waals surface area contributed by atoms with E-state index in [2.05, 4.69) is 0 Å². The number of ether oxygens (including phenoxy) is 1. The lowest BCUT2D eigenvalue weighted by Gasteiger charge is -2.16. The van der Waals surface area contributed by atoms with Crippen molar-refractivity contribution < 1.29 is 19.4 Å². The Bertz CT molecular complexity index is 1020. The number of rotatable bonds is 3. The highest BCUT2D eigenvalue weighted by atomic mass is 32.2. The molecule has 0 spiro atoms. The number of fused-ring (bicyclic) bond motifs is 1. The van der Waals surface area contributed by atoms with Crippen molar-refractivity contribution in [3.8, 4) is 5.75 Å². The van der Waals surface area contributed by atoms with Crippen LogP contribution in [0.15, 0.2) is 65.1 Å². The maximum absolute atomic E-state index is 12.8. The Hall–Kier alpha value is -2.90. The van der Waals surface area contributed by atoms with Crippen molar-refractivity contribution in [2.45, 2.75) is 0 Å². The SMILES string of the molecule is O=C(O)c1ccc(N2C(=O)C(=CC3=Cc4ccccc4OC3)SC2=S)cc1. The highest BCUT2D eigenvalue weighted by molar-refractivity contribution is 8.27. The van der Waals surface area contributed by atoms with Crippen LogP contribution in [0.25, 0.3) is 6.08 Å². The molecule has 0 atom stereocenters. The number of hydrogen-bond donors (Lipinski definition) is 1.